The van der Waals surface area contributed by atoms with E-state index < -0.39 is 50.0 Å². The zero-order chi connectivity index (χ0) is 19.1. The Labute approximate surface area is 148 Å². The molecule has 2 bridgehead atoms. The molecule has 0 aromatic heterocycles. The Balaban J connectivity index is 1.82. The summed E-state index contributed by atoms with van der Waals surface area (Å²) in [6.07, 6.45) is -2.07. The molecule has 1 aromatic carbocycles. The van der Waals surface area contributed by atoms with Crippen molar-refractivity contribution < 1.29 is 26.7 Å². The lowest BCUT2D eigenvalue weighted by atomic mass is 9.83. The third kappa shape index (κ3) is 1.91. The topological polar surface area (TPSA) is 81.4 Å². The van der Waals surface area contributed by atoms with Crippen molar-refractivity contribution in [2.75, 3.05) is 10.8 Å². The maximum absolute atomic E-state index is 13.2. The number of benzene rings is 1. The predicted molar refractivity (Wildman–Crippen MR) is 86.4 cm³/mol. The molecule has 1 N–H and O–H groups in total. The maximum Gasteiger partial charge on any atom is 0.417 e. The Bertz CT molecular complexity index is 966. The Morgan fingerprint density at radius 2 is 2.04 bits per heavy atom. The molecule has 1 aromatic rings. The molecule has 9 heteroatoms. The van der Waals surface area contributed by atoms with Crippen molar-refractivity contribution in [1.82, 2.24) is 0 Å². The standard InChI is InChI=1S/C17H15F3N2O3S/c1-16-12-5-4-11(15(12)23)14(16)8-22(26(16,24)25)10-3-2-9(7-21)13(6-10)17(18,19)20/h2-6,11-12,14-15,23H,8H2,1H3/t11-,12-,14+,15?,16-/m1/s1. The summed E-state index contributed by atoms with van der Waals surface area (Å²) in [6.45, 7) is 1.56. The number of nitriles is 1. The first-order valence-electron chi connectivity index (χ1n) is 8.03. The van der Waals surface area contributed by atoms with Crippen LogP contribution in [0, 0.1) is 29.1 Å². The van der Waals surface area contributed by atoms with Gasteiger partial charge in [0.1, 0.15) is 4.75 Å². The number of sulfonamides is 1. The molecular weight excluding hydrogens is 369 g/mol. The molecule has 1 unspecified atom stereocenters. The lowest BCUT2D eigenvalue weighted by molar-refractivity contribution is -0.137. The van der Waals surface area contributed by atoms with Crippen LogP contribution in [-0.4, -0.2) is 30.9 Å². The van der Waals surface area contributed by atoms with E-state index in [2.05, 4.69) is 0 Å². The minimum Gasteiger partial charge on any atom is -0.392 e. The summed E-state index contributed by atoms with van der Waals surface area (Å²) in [5.41, 5.74) is -1.82. The number of fused-ring (bicyclic) bond motifs is 5. The summed E-state index contributed by atoms with van der Waals surface area (Å²) < 4.78 is 65.8. The number of nitrogens with zero attached hydrogens (tertiary/aromatic N) is 2. The summed E-state index contributed by atoms with van der Waals surface area (Å²) >= 11 is 0. The molecule has 1 aliphatic heterocycles. The Morgan fingerprint density at radius 3 is 2.62 bits per heavy atom. The number of aliphatic hydroxyl groups is 1. The van der Waals surface area contributed by atoms with Crippen LogP contribution in [0.4, 0.5) is 18.9 Å². The first kappa shape index (κ1) is 17.4. The van der Waals surface area contributed by atoms with E-state index in [1.165, 1.54) is 12.1 Å². The second-order valence-electron chi connectivity index (χ2n) is 7.14. The van der Waals surface area contributed by atoms with Gasteiger partial charge in [0.25, 0.3) is 0 Å². The average Bonchev–Trinajstić information content (AvgIpc) is 3.11. The molecule has 138 valence electrons. The van der Waals surface area contributed by atoms with Crippen molar-refractivity contribution in [1.29, 1.82) is 5.26 Å². The highest BCUT2D eigenvalue weighted by atomic mass is 32.2. The molecule has 2 aliphatic carbocycles. The molecule has 3 aliphatic rings. The Morgan fingerprint density at radius 1 is 1.35 bits per heavy atom. The van der Waals surface area contributed by atoms with Gasteiger partial charge in [-0.15, -0.1) is 0 Å². The van der Waals surface area contributed by atoms with Crippen LogP contribution < -0.4 is 4.31 Å². The number of alkyl halides is 3. The van der Waals surface area contributed by atoms with E-state index in [1.807, 2.05) is 0 Å². The minimum absolute atomic E-state index is 0.00456. The number of anilines is 1. The Hall–Kier alpha value is -2.05. The van der Waals surface area contributed by atoms with Crippen molar-refractivity contribution in [3.05, 3.63) is 41.5 Å². The van der Waals surface area contributed by atoms with Gasteiger partial charge in [-0.25, -0.2) is 8.42 Å². The normalized spacial score (nSPS) is 37.0. The quantitative estimate of drug-likeness (QED) is 0.754. The number of hydrogen-bond donors (Lipinski definition) is 1. The summed E-state index contributed by atoms with van der Waals surface area (Å²) in [7, 11) is -3.99. The first-order chi connectivity index (χ1) is 12.0. The van der Waals surface area contributed by atoms with E-state index in [9.17, 15) is 26.7 Å². The predicted octanol–water partition coefficient (Wildman–Crippen LogP) is 2.28. The summed E-state index contributed by atoms with van der Waals surface area (Å²) in [4.78, 5) is 0. The van der Waals surface area contributed by atoms with Gasteiger partial charge < -0.3 is 5.11 Å². The molecule has 1 heterocycles. The third-order valence-corrected chi connectivity index (χ3v) is 8.72. The lowest BCUT2D eigenvalue weighted by Crippen LogP contribution is -2.44. The second-order valence-corrected chi connectivity index (χ2v) is 9.42. The van der Waals surface area contributed by atoms with Gasteiger partial charge in [0.15, 0.2) is 0 Å². The van der Waals surface area contributed by atoms with Crippen LogP contribution in [0.25, 0.3) is 0 Å². The third-order valence-electron chi connectivity index (χ3n) is 6.09. The van der Waals surface area contributed by atoms with Crippen molar-refractivity contribution in [2.24, 2.45) is 17.8 Å². The van der Waals surface area contributed by atoms with Crippen molar-refractivity contribution >= 4 is 15.7 Å². The average molecular weight is 384 g/mol. The summed E-state index contributed by atoms with van der Waals surface area (Å²) in [5.74, 6) is -1.30. The van der Waals surface area contributed by atoms with Gasteiger partial charge in [-0.05, 0) is 25.1 Å². The van der Waals surface area contributed by atoms with Crippen LogP contribution in [0.3, 0.4) is 0 Å². The van der Waals surface area contributed by atoms with Gasteiger partial charge in [0.05, 0.1) is 29.0 Å². The van der Waals surface area contributed by atoms with Gasteiger partial charge in [0, 0.05) is 24.3 Å². The van der Waals surface area contributed by atoms with Gasteiger partial charge in [-0.3, -0.25) is 4.31 Å². The molecule has 5 atom stereocenters. The van der Waals surface area contributed by atoms with E-state index >= 15 is 0 Å². The smallest absolute Gasteiger partial charge is 0.392 e. The van der Waals surface area contributed by atoms with Crippen LogP contribution in [-0.2, 0) is 16.2 Å². The molecule has 5 nitrogen and oxygen atoms in total. The number of aliphatic hydroxyl groups excluding tert-OH is 1. The van der Waals surface area contributed by atoms with Gasteiger partial charge >= 0.3 is 6.18 Å². The fraction of sp³-hybridized carbons (Fsp3) is 0.471. The molecule has 1 saturated carbocycles. The SMILES string of the molecule is C[C@@]12[C@@H]3C=C[C@@H](C3O)[C@@H]1CN(c1ccc(C#N)c(C(F)(F)F)c1)S2(=O)=O. The van der Waals surface area contributed by atoms with Crippen LogP contribution >= 0.6 is 0 Å². The highest BCUT2D eigenvalue weighted by Crippen LogP contribution is 2.59. The van der Waals surface area contributed by atoms with E-state index in [4.69, 9.17) is 5.26 Å². The second kappa shape index (κ2) is 5.02. The molecule has 0 radical (unpaired) electrons. The van der Waals surface area contributed by atoms with E-state index in [0.29, 0.717) is 6.07 Å². The molecular formula is C17H15F3N2O3S. The largest absolute Gasteiger partial charge is 0.417 e. The molecule has 0 spiro atoms. The van der Waals surface area contributed by atoms with Crippen LogP contribution in [0.15, 0.2) is 30.4 Å². The zero-order valence-electron chi connectivity index (χ0n) is 13.6. The molecule has 4 rings (SSSR count). The van der Waals surface area contributed by atoms with E-state index in [-0.39, 0.29) is 18.2 Å². The van der Waals surface area contributed by atoms with E-state index in [0.717, 1.165) is 10.4 Å². The van der Waals surface area contributed by atoms with Crippen LogP contribution in [0.5, 0.6) is 0 Å². The maximum atomic E-state index is 13.2. The Kier molecular flexibility index (Phi) is 3.35. The van der Waals surface area contributed by atoms with Gasteiger partial charge in [-0.1, -0.05) is 12.2 Å². The van der Waals surface area contributed by atoms with Crippen LogP contribution in [0.1, 0.15) is 18.1 Å². The zero-order valence-corrected chi connectivity index (χ0v) is 14.4. The molecule has 2 fully saturated rings. The lowest BCUT2D eigenvalue weighted by Gasteiger charge is -2.31. The fourth-order valence-electron chi connectivity index (χ4n) is 4.69. The van der Waals surface area contributed by atoms with Crippen molar-refractivity contribution in [2.45, 2.75) is 24.0 Å². The van der Waals surface area contributed by atoms with Crippen molar-refractivity contribution in [3.8, 4) is 6.07 Å². The van der Waals surface area contributed by atoms with Crippen LogP contribution in [0.2, 0.25) is 0 Å². The number of hydrogen-bond acceptors (Lipinski definition) is 4. The van der Waals surface area contributed by atoms with Crippen molar-refractivity contribution in [3.63, 3.8) is 0 Å². The minimum atomic E-state index is -4.76. The monoisotopic (exact) mass is 384 g/mol. The van der Waals surface area contributed by atoms with E-state index in [1.54, 1.807) is 19.1 Å². The highest BCUT2D eigenvalue weighted by molar-refractivity contribution is 7.94. The molecule has 1 saturated heterocycles. The van der Waals surface area contributed by atoms with Gasteiger partial charge in [-0.2, -0.15) is 18.4 Å². The molecule has 26 heavy (non-hydrogen) atoms. The number of halogens is 3. The molecule has 0 amide bonds. The highest BCUT2D eigenvalue weighted by Gasteiger charge is 2.70. The fourth-order valence-corrected chi connectivity index (χ4v) is 7.09. The summed E-state index contributed by atoms with van der Waals surface area (Å²) in [5, 5.41) is 19.2. The first-order valence-corrected chi connectivity index (χ1v) is 9.47. The van der Waals surface area contributed by atoms with Gasteiger partial charge in [0.2, 0.25) is 10.0 Å². The number of rotatable bonds is 1. The summed E-state index contributed by atoms with van der Waals surface area (Å²) in [6, 6.07) is 4.42.